The summed E-state index contributed by atoms with van der Waals surface area (Å²) in [5, 5.41) is 4.64. The Hall–Kier alpha value is -2.74. The molecule has 1 aromatic heterocycles. The van der Waals surface area contributed by atoms with E-state index in [0.29, 0.717) is 17.4 Å². The number of benzene rings is 1. The summed E-state index contributed by atoms with van der Waals surface area (Å²) in [6.07, 6.45) is 3.41. The molecule has 1 aliphatic carbocycles. The SMILES string of the molecule is CCOC(=O)Cc1csc(NC(=O)COC(=O)C2(c3ccccc3)CCCC2)n1. The molecule has 154 valence electrons. The van der Waals surface area contributed by atoms with E-state index in [4.69, 9.17) is 9.47 Å². The Kier molecular flexibility index (Phi) is 6.98. The molecule has 7 nitrogen and oxygen atoms in total. The Bertz CT molecular complexity index is 859. The fourth-order valence-corrected chi connectivity index (χ4v) is 4.30. The van der Waals surface area contributed by atoms with E-state index in [1.807, 2.05) is 30.3 Å². The lowest BCUT2D eigenvalue weighted by Gasteiger charge is -2.27. The minimum Gasteiger partial charge on any atom is -0.466 e. The lowest BCUT2D eigenvalue weighted by molar-refractivity contribution is -0.153. The standard InChI is InChI=1S/C21H24N2O5S/c1-2-27-18(25)12-16-14-29-20(22-16)23-17(24)13-28-19(26)21(10-6-7-11-21)15-8-4-3-5-9-15/h3-5,8-9,14H,2,6-7,10-13H2,1H3,(H,22,23,24). The van der Waals surface area contributed by atoms with Crippen LogP contribution < -0.4 is 5.32 Å². The maximum absolute atomic E-state index is 12.8. The lowest BCUT2D eigenvalue weighted by Crippen LogP contribution is -2.36. The number of hydrogen-bond acceptors (Lipinski definition) is 7. The molecular formula is C21H24N2O5S. The molecule has 0 radical (unpaired) electrons. The molecule has 1 N–H and O–H groups in total. The van der Waals surface area contributed by atoms with Gasteiger partial charge in [-0.15, -0.1) is 11.3 Å². The molecular weight excluding hydrogens is 392 g/mol. The number of nitrogens with one attached hydrogen (secondary N) is 1. The topological polar surface area (TPSA) is 94.6 Å². The highest BCUT2D eigenvalue weighted by Crippen LogP contribution is 2.42. The number of thiazole rings is 1. The minimum absolute atomic E-state index is 0.0504. The highest BCUT2D eigenvalue weighted by molar-refractivity contribution is 7.13. The molecule has 8 heteroatoms. The molecule has 1 fully saturated rings. The van der Waals surface area contributed by atoms with Crippen molar-refractivity contribution >= 4 is 34.3 Å². The zero-order chi connectivity index (χ0) is 20.7. The Balaban J connectivity index is 1.54. The summed E-state index contributed by atoms with van der Waals surface area (Å²) in [7, 11) is 0. The van der Waals surface area contributed by atoms with Crippen LogP contribution in [0.4, 0.5) is 5.13 Å². The smallest absolute Gasteiger partial charge is 0.317 e. The fraction of sp³-hybridized carbons (Fsp3) is 0.429. The first-order chi connectivity index (χ1) is 14.0. The summed E-state index contributed by atoms with van der Waals surface area (Å²) < 4.78 is 10.2. The first-order valence-electron chi connectivity index (χ1n) is 9.66. The van der Waals surface area contributed by atoms with Gasteiger partial charge in [0.1, 0.15) is 0 Å². The summed E-state index contributed by atoms with van der Waals surface area (Å²) >= 11 is 1.20. The van der Waals surface area contributed by atoms with Crippen molar-refractivity contribution in [1.29, 1.82) is 0 Å². The number of anilines is 1. The second kappa shape index (κ2) is 9.65. The summed E-state index contributed by atoms with van der Waals surface area (Å²) in [6.45, 7) is 1.67. The van der Waals surface area contributed by atoms with Gasteiger partial charge in [-0.25, -0.2) is 4.98 Å². The number of carbonyl (C=O) groups excluding carboxylic acids is 3. The maximum atomic E-state index is 12.8. The Morgan fingerprint density at radius 1 is 1.14 bits per heavy atom. The van der Waals surface area contributed by atoms with Gasteiger partial charge in [-0.1, -0.05) is 43.2 Å². The van der Waals surface area contributed by atoms with Crippen LogP contribution >= 0.6 is 11.3 Å². The van der Waals surface area contributed by atoms with Crippen molar-refractivity contribution in [2.45, 2.75) is 44.4 Å². The maximum Gasteiger partial charge on any atom is 0.317 e. The normalized spacial score (nSPS) is 14.9. The zero-order valence-corrected chi connectivity index (χ0v) is 17.1. The van der Waals surface area contributed by atoms with Gasteiger partial charge in [0, 0.05) is 5.38 Å². The van der Waals surface area contributed by atoms with Gasteiger partial charge in [0.2, 0.25) is 0 Å². The molecule has 0 aliphatic heterocycles. The van der Waals surface area contributed by atoms with Crippen molar-refractivity contribution < 1.29 is 23.9 Å². The van der Waals surface area contributed by atoms with Gasteiger partial charge in [-0.2, -0.15) is 0 Å². The first-order valence-corrected chi connectivity index (χ1v) is 10.5. The van der Waals surface area contributed by atoms with Crippen LogP contribution in [-0.4, -0.2) is 36.0 Å². The van der Waals surface area contributed by atoms with Crippen LogP contribution in [0.25, 0.3) is 0 Å². The Labute approximate surface area is 173 Å². The van der Waals surface area contributed by atoms with Crippen molar-refractivity contribution in [3.63, 3.8) is 0 Å². The number of carbonyl (C=O) groups is 3. The number of amides is 1. The molecule has 0 atom stereocenters. The highest BCUT2D eigenvalue weighted by atomic mass is 32.1. The molecule has 29 heavy (non-hydrogen) atoms. The van der Waals surface area contributed by atoms with Crippen molar-refractivity contribution in [3.8, 4) is 0 Å². The van der Waals surface area contributed by atoms with E-state index in [1.54, 1.807) is 12.3 Å². The first kappa shape index (κ1) is 21.0. The predicted molar refractivity (Wildman–Crippen MR) is 109 cm³/mol. The molecule has 1 amide bonds. The molecule has 0 spiro atoms. The van der Waals surface area contributed by atoms with Crippen LogP contribution in [-0.2, 0) is 35.7 Å². The van der Waals surface area contributed by atoms with Crippen LogP contribution in [0.3, 0.4) is 0 Å². The van der Waals surface area contributed by atoms with Crippen molar-refractivity contribution in [3.05, 3.63) is 47.0 Å². The predicted octanol–water partition coefficient (Wildman–Crippen LogP) is 3.24. The Morgan fingerprint density at radius 2 is 1.86 bits per heavy atom. The fourth-order valence-electron chi connectivity index (χ4n) is 3.58. The van der Waals surface area contributed by atoms with E-state index in [9.17, 15) is 14.4 Å². The number of esters is 2. The molecule has 1 saturated carbocycles. The van der Waals surface area contributed by atoms with Crippen molar-refractivity contribution in [2.75, 3.05) is 18.5 Å². The van der Waals surface area contributed by atoms with Gasteiger partial charge < -0.3 is 9.47 Å². The number of hydrogen-bond donors (Lipinski definition) is 1. The van der Waals surface area contributed by atoms with E-state index in [-0.39, 0.29) is 25.0 Å². The number of rotatable bonds is 8. The largest absolute Gasteiger partial charge is 0.466 e. The van der Waals surface area contributed by atoms with Gasteiger partial charge in [-0.05, 0) is 25.3 Å². The van der Waals surface area contributed by atoms with Gasteiger partial charge >= 0.3 is 11.9 Å². The average molecular weight is 416 g/mol. The molecule has 0 unspecified atom stereocenters. The molecule has 1 aliphatic rings. The quantitative estimate of drug-likeness (QED) is 0.664. The molecule has 0 bridgehead atoms. The number of aromatic nitrogens is 1. The second-order valence-corrected chi connectivity index (χ2v) is 7.76. The summed E-state index contributed by atoms with van der Waals surface area (Å²) in [5.41, 5.74) is 0.788. The van der Waals surface area contributed by atoms with E-state index in [0.717, 1.165) is 31.2 Å². The van der Waals surface area contributed by atoms with Gasteiger partial charge in [0.05, 0.1) is 24.1 Å². The molecule has 0 saturated heterocycles. The molecule has 1 aromatic carbocycles. The summed E-state index contributed by atoms with van der Waals surface area (Å²) in [4.78, 5) is 40.7. The molecule has 1 heterocycles. The van der Waals surface area contributed by atoms with Crippen molar-refractivity contribution in [2.24, 2.45) is 0 Å². The number of ether oxygens (including phenoxy) is 2. The zero-order valence-electron chi connectivity index (χ0n) is 16.3. The third-order valence-corrected chi connectivity index (χ3v) is 5.74. The minimum atomic E-state index is -0.671. The van der Waals surface area contributed by atoms with Crippen LogP contribution in [0.5, 0.6) is 0 Å². The second-order valence-electron chi connectivity index (χ2n) is 6.91. The lowest BCUT2D eigenvalue weighted by atomic mass is 9.79. The number of nitrogens with zero attached hydrogens (tertiary/aromatic N) is 1. The van der Waals surface area contributed by atoms with E-state index >= 15 is 0 Å². The third-order valence-electron chi connectivity index (χ3n) is 4.94. The van der Waals surface area contributed by atoms with Crippen LogP contribution in [0.1, 0.15) is 43.9 Å². The van der Waals surface area contributed by atoms with Crippen molar-refractivity contribution in [1.82, 2.24) is 4.98 Å². The van der Waals surface area contributed by atoms with E-state index in [1.165, 1.54) is 11.3 Å². The summed E-state index contributed by atoms with van der Waals surface area (Å²) in [5.74, 6) is -1.19. The summed E-state index contributed by atoms with van der Waals surface area (Å²) in [6, 6.07) is 9.60. The average Bonchev–Trinajstić information content (AvgIpc) is 3.37. The van der Waals surface area contributed by atoms with Crippen LogP contribution in [0.2, 0.25) is 0 Å². The molecule has 3 rings (SSSR count). The molecule has 2 aromatic rings. The van der Waals surface area contributed by atoms with Crippen LogP contribution in [0.15, 0.2) is 35.7 Å². The monoisotopic (exact) mass is 416 g/mol. The van der Waals surface area contributed by atoms with Gasteiger partial charge in [0.25, 0.3) is 5.91 Å². The van der Waals surface area contributed by atoms with Crippen LogP contribution in [0, 0.1) is 0 Å². The highest BCUT2D eigenvalue weighted by Gasteiger charge is 2.44. The van der Waals surface area contributed by atoms with Gasteiger partial charge in [0.15, 0.2) is 11.7 Å². The van der Waals surface area contributed by atoms with E-state index < -0.39 is 11.3 Å². The van der Waals surface area contributed by atoms with Gasteiger partial charge in [-0.3, -0.25) is 19.7 Å². The van der Waals surface area contributed by atoms with E-state index in [2.05, 4.69) is 10.3 Å². The third kappa shape index (κ3) is 5.20. The Morgan fingerprint density at radius 3 is 2.55 bits per heavy atom.